The van der Waals surface area contributed by atoms with Gasteiger partial charge in [0.15, 0.2) is 0 Å². The van der Waals surface area contributed by atoms with Crippen LogP contribution in [0, 0.1) is 0 Å². The first kappa shape index (κ1) is 30.6. The van der Waals surface area contributed by atoms with Gasteiger partial charge in [-0.2, -0.15) is 0 Å². The van der Waals surface area contributed by atoms with Crippen LogP contribution in [0.4, 0.5) is 0 Å². The van der Waals surface area contributed by atoms with E-state index in [0.29, 0.717) is 0 Å². The van der Waals surface area contributed by atoms with Gasteiger partial charge in [0, 0.05) is 0 Å². The SMILES string of the molecule is c1ccc(-c2cc3ccccc3cc2-c2ccc3c(c2)c(-c2ccc4ccccc4c2)cc2cc(-c4cc5ccccc5c5ccccc45)ccc23)cc1. The predicted octanol–water partition coefficient (Wildman–Crippen LogP) is 15.3. The van der Waals surface area contributed by atoms with Crippen molar-refractivity contribution < 1.29 is 0 Å². The van der Waals surface area contributed by atoms with E-state index in [1.807, 2.05) is 0 Å². The van der Waals surface area contributed by atoms with Crippen molar-refractivity contribution in [2.75, 3.05) is 0 Å². The number of hydrogen-bond acceptors (Lipinski definition) is 0. The molecule has 0 fully saturated rings. The first-order valence-corrected chi connectivity index (χ1v) is 18.7. The Bertz CT molecular complexity index is 3260. The van der Waals surface area contributed by atoms with Crippen molar-refractivity contribution in [2.24, 2.45) is 0 Å². The molecule has 0 aliphatic rings. The van der Waals surface area contributed by atoms with Crippen molar-refractivity contribution >= 4 is 64.6 Å². The molecule has 11 aromatic rings. The summed E-state index contributed by atoms with van der Waals surface area (Å²) < 4.78 is 0. The first-order chi connectivity index (χ1) is 26.7. The molecule has 0 aliphatic heterocycles. The summed E-state index contributed by atoms with van der Waals surface area (Å²) in [6.45, 7) is 0. The van der Waals surface area contributed by atoms with Gasteiger partial charge in [0.2, 0.25) is 0 Å². The lowest BCUT2D eigenvalue weighted by molar-refractivity contribution is 1.62. The van der Waals surface area contributed by atoms with Crippen molar-refractivity contribution in [1.82, 2.24) is 0 Å². The maximum absolute atomic E-state index is 2.43. The minimum Gasteiger partial charge on any atom is -0.0622 e. The van der Waals surface area contributed by atoms with E-state index in [-0.39, 0.29) is 0 Å². The highest BCUT2D eigenvalue weighted by Gasteiger charge is 2.16. The van der Waals surface area contributed by atoms with Crippen LogP contribution in [0.5, 0.6) is 0 Å². The molecule has 11 aromatic carbocycles. The number of hydrogen-bond donors (Lipinski definition) is 0. The van der Waals surface area contributed by atoms with Crippen LogP contribution in [0.25, 0.3) is 109 Å². The molecule has 11 rings (SSSR count). The lowest BCUT2D eigenvalue weighted by atomic mass is 9.86. The van der Waals surface area contributed by atoms with Crippen molar-refractivity contribution in [3.05, 3.63) is 206 Å². The summed E-state index contributed by atoms with van der Waals surface area (Å²) in [5, 5.41) is 15.1. The van der Waals surface area contributed by atoms with Crippen LogP contribution in [0.3, 0.4) is 0 Å². The van der Waals surface area contributed by atoms with Crippen LogP contribution < -0.4 is 0 Å². The van der Waals surface area contributed by atoms with E-state index >= 15 is 0 Å². The zero-order valence-electron chi connectivity index (χ0n) is 29.6. The molecule has 0 unspecified atom stereocenters. The topological polar surface area (TPSA) is 0 Å². The molecular formula is C54H34. The summed E-state index contributed by atoms with van der Waals surface area (Å²) in [6.07, 6.45) is 0. The Hall–Kier alpha value is -7.02. The molecular weight excluding hydrogens is 649 g/mol. The summed E-state index contributed by atoms with van der Waals surface area (Å²) in [5.41, 5.74) is 9.88. The van der Waals surface area contributed by atoms with Gasteiger partial charge in [0.25, 0.3) is 0 Å². The molecule has 0 N–H and O–H groups in total. The van der Waals surface area contributed by atoms with Crippen molar-refractivity contribution in [1.29, 1.82) is 0 Å². The van der Waals surface area contributed by atoms with E-state index in [9.17, 15) is 0 Å². The molecule has 0 aliphatic carbocycles. The first-order valence-electron chi connectivity index (χ1n) is 18.7. The summed E-state index contributed by atoms with van der Waals surface area (Å²) >= 11 is 0. The van der Waals surface area contributed by atoms with Gasteiger partial charge in [-0.05, 0) is 152 Å². The normalized spacial score (nSPS) is 11.7. The maximum Gasteiger partial charge on any atom is -0.00928 e. The molecule has 0 saturated carbocycles. The van der Waals surface area contributed by atoms with Gasteiger partial charge in [-0.15, -0.1) is 0 Å². The van der Waals surface area contributed by atoms with E-state index in [1.165, 1.54) is 109 Å². The highest BCUT2D eigenvalue weighted by molar-refractivity contribution is 6.18. The lowest BCUT2D eigenvalue weighted by Gasteiger charge is -2.17. The van der Waals surface area contributed by atoms with Crippen molar-refractivity contribution in [3.8, 4) is 44.5 Å². The highest BCUT2D eigenvalue weighted by Crippen LogP contribution is 2.43. The third kappa shape index (κ3) is 4.99. The fourth-order valence-corrected chi connectivity index (χ4v) is 8.72. The number of fused-ring (bicyclic) bond motifs is 8. The van der Waals surface area contributed by atoms with Crippen molar-refractivity contribution in [3.63, 3.8) is 0 Å². The Morgan fingerprint density at radius 1 is 0.167 bits per heavy atom. The van der Waals surface area contributed by atoms with Gasteiger partial charge in [0.1, 0.15) is 0 Å². The summed E-state index contributed by atoms with van der Waals surface area (Å²) in [5.74, 6) is 0. The molecule has 0 spiro atoms. The highest BCUT2D eigenvalue weighted by atomic mass is 14.2. The van der Waals surface area contributed by atoms with E-state index in [1.54, 1.807) is 0 Å². The fraction of sp³-hybridized carbons (Fsp3) is 0. The van der Waals surface area contributed by atoms with Crippen LogP contribution >= 0.6 is 0 Å². The summed E-state index contributed by atoms with van der Waals surface area (Å²) in [7, 11) is 0. The molecule has 0 amide bonds. The molecule has 0 heteroatoms. The van der Waals surface area contributed by atoms with Crippen LogP contribution in [0.15, 0.2) is 206 Å². The molecule has 0 nitrogen and oxygen atoms in total. The Kier molecular flexibility index (Phi) is 6.97. The quantitative estimate of drug-likeness (QED) is 0.162. The summed E-state index contributed by atoms with van der Waals surface area (Å²) in [4.78, 5) is 0. The van der Waals surface area contributed by atoms with Gasteiger partial charge in [0.05, 0.1) is 0 Å². The number of benzene rings is 11. The molecule has 0 radical (unpaired) electrons. The molecule has 0 atom stereocenters. The Labute approximate surface area is 314 Å². The molecule has 54 heavy (non-hydrogen) atoms. The van der Waals surface area contributed by atoms with Crippen LogP contribution in [-0.4, -0.2) is 0 Å². The third-order valence-electron chi connectivity index (χ3n) is 11.4. The zero-order valence-corrected chi connectivity index (χ0v) is 29.6. The Morgan fingerprint density at radius 3 is 1.33 bits per heavy atom. The average molecular weight is 683 g/mol. The summed E-state index contributed by atoms with van der Waals surface area (Å²) in [6, 6.07) is 76.3. The maximum atomic E-state index is 2.43. The standard InChI is InChI=1S/C54H34/c1-2-13-36(14-3-1)50-30-38-16-6-7-17-39(38)31-52(50)43-25-27-49-46-26-24-42(51-32-40-18-8-9-19-45(40)47-20-10-11-21-48(47)51)29-44(46)34-53(54(49)33-43)41-23-22-35-12-4-5-15-37(35)28-41/h1-34H. The Morgan fingerprint density at radius 2 is 0.593 bits per heavy atom. The van der Waals surface area contributed by atoms with Gasteiger partial charge >= 0.3 is 0 Å². The molecule has 0 aromatic heterocycles. The largest absolute Gasteiger partial charge is 0.0622 e. The average Bonchev–Trinajstić information content (AvgIpc) is 3.25. The van der Waals surface area contributed by atoms with Gasteiger partial charge in [-0.3, -0.25) is 0 Å². The molecule has 250 valence electrons. The second-order valence-corrected chi connectivity index (χ2v) is 14.5. The van der Waals surface area contributed by atoms with Crippen molar-refractivity contribution in [2.45, 2.75) is 0 Å². The smallest absolute Gasteiger partial charge is 0.00928 e. The van der Waals surface area contributed by atoms with Gasteiger partial charge in [-0.25, -0.2) is 0 Å². The lowest BCUT2D eigenvalue weighted by Crippen LogP contribution is -1.90. The van der Waals surface area contributed by atoms with Gasteiger partial charge < -0.3 is 0 Å². The van der Waals surface area contributed by atoms with E-state index in [0.717, 1.165) is 0 Å². The minimum absolute atomic E-state index is 1.22. The monoisotopic (exact) mass is 682 g/mol. The van der Waals surface area contributed by atoms with Crippen LogP contribution in [0.2, 0.25) is 0 Å². The van der Waals surface area contributed by atoms with E-state index < -0.39 is 0 Å². The Balaban J connectivity index is 1.18. The zero-order chi connectivity index (χ0) is 35.6. The minimum atomic E-state index is 1.22. The molecule has 0 saturated heterocycles. The van der Waals surface area contributed by atoms with Crippen LogP contribution in [-0.2, 0) is 0 Å². The van der Waals surface area contributed by atoms with Gasteiger partial charge in [-0.1, -0.05) is 164 Å². The molecule has 0 heterocycles. The van der Waals surface area contributed by atoms with Crippen LogP contribution in [0.1, 0.15) is 0 Å². The fourth-order valence-electron chi connectivity index (χ4n) is 8.72. The second-order valence-electron chi connectivity index (χ2n) is 14.5. The van der Waals surface area contributed by atoms with E-state index in [2.05, 4.69) is 206 Å². The third-order valence-corrected chi connectivity index (χ3v) is 11.4. The van der Waals surface area contributed by atoms with E-state index in [4.69, 9.17) is 0 Å². The number of rotatable bonds is 4. The predicted molar refractivity (Wildman–Crippen MR) is 233 cm³/mol. The second kappa shape index (κ2) is 12.3. The molecule has 0 bridgehead atoms.